The molecule has 0 heterocycles. The van der Waals surface area contributed by atoms with Crippen molar-refractivity contribution in [2.24, 2.45) is 11.0 Å². The van der Waals surface area contributed by atoms with Crippen molar-refractivity contribution in [3.05, 3.63) is 65.7 Å². The van der Waals surface area contributed by atoms with Crippen LogP contribution in [-0.4, -0.2) is 17.5 Å². The summed E-state index contributed by atoms with van der Waals surface area (Å²) in [6.45, 7) is 3.31. The SMILES string of the molecule is CC(=O)Nc1ccc(/C(C)=N\NC(=O)[C@H]2C[C@@H]2c2ccccc2)cc1. The first kappa shape index (κ1) is 16.9. The van der Waals surface area contributed by atoms with E-state index in [2.05, 4.69) is 28.0 Å². The fraction of sp³-hybridized carbons (Fsp3) is 0.250. The smallest absolute Gasteiger partial charge is 0.243 e. The molecule has 2 aromatic rings. The summed E-state index contributed by atoms with van der Waals surface area (Å²) in [6.07, 6.45) is 0.871. The Morgan fingerprint density at radius 2 is 1.68 bits per heavy atom. The minimum absolute atomic E-state index is 0.00101. The lowest BCUT2D eigenvalue weighted by Crippen LogP contribution is -2.21. The van der Waals surface area contributed by atoms with Gasteiger partial charge in [0, 0.05) is 18.5 Å². The average molecular weight is 335 g/mol. The lowest BCUT2D eigenvalue weighted by atomic mass is 10.1. The van der Waals surface area contributed by atoms with Gasteiger partial charge in [0.2, 0.25) is 11.8 Å². The lowest BCUT2D eigenvalue weighted by Gasteiger charge is -2.05. The van der Waals surface area contributed by atoms with Crippen LogP contribution >= 0.6 is 0 Å². The van der Waals surface area contributed by atoms with E-state index in [-0.39, 0.29) is 17.7 Å². The van der Waals surface area contributed by atoms with E-state index in [0.29, 0.717) is 5.92 Å². The summed E-state index contributed by atoms with van der Waals surface area (Å²) in [5.74, 6) is 0.153. The van der Waals surface area contributed by atoms with Crippen LogP contribution in [0, 0.1) is 5.92 Å². The van der Waals surface area contributed by atoms with Gasteiger partial charge in [0.15, 0.2) is 0 Å². The molecule has 2 amide bonds. The number of hydrogen-bond donors (Lipinski definition) is 2. The highest BCUT2D eigenvalue weighted by Gasteiger charge is 2.43. The monoisotopic (exact) mass is 335 g/mol. The summed E-state index contributed by atoms with van der Waals surface area (Å²) in [5.41, 5.74) is 6.22. The Morgan fingerprint density at radius 3 is 2.32 bits per heavy atom. The number of nitrogens with zero attached hydrogens (tertiary/aromatic N) is 1. The third kappa shape index (κ3) is 4.32. The van der Waals surface area contributed by atoms with Gasteiger partial charge in [-0.2, -0.15) is 5.10 Å². The number of hydrogen-bond acceptors (Lipinski definition) is 3. The molecule has 2 atom stereocenters. The standard InChI is InChI=1S/C20H21N3O2/c1-13(15-8-10-17(11-9-15)21-14(2)24)22-23-20(25)19-12-18(19)16-6-4-3-5-7-16/h3-11,18-19H,12H2,1-2H3,(H,21,24)(H,23,25)/b22-13-/t18-,19+/m1/s1. The number of benzene rings is 2. The summed E-state index contributed by atoms with van der Waals surface area (Å²) in [7, 11) is 0. The van der Waals surface area contributed by atoms with Crippen LogP contribution in [0.5, 0.6) is 0 Å². The second kappa shape index (κ2) is 7.30. The van der Waals surface area contributed by atoms with Crippen molar-refractivity contribution in [2.75, 3.05) is 5.32 Å². The quantitative estimate of drug-likeness (QED) is 0.650. The van der Waals surface area contributed by atoms with E-state index in [4.69, 9.17) is 0 Å². The van der Waals surface area contributed by atoms with Crippen molar-refractivity contribution < 1.29 is 9.59 Å². The number of rotatable bonds is 5. The number of hydrazone groups is 1. The highest BCUT2D eigenvalue weighted by molar-refractivity contribution is 6.00. The van der Waals surface area contributed by atoms with Gasteiger partial charge < -0.3 is 5.32 Å². The molecule has 1 aliphatic rings. The fourth-order valence-corrected chi connectivity index (χ4v) is 2.84. The molecule has 0 radical (unpaired) electrons. The molecule has 0 aliphatic heterocycles. The molecule has 2 N–H and O–H groups in total. The maximum Gasteiger partial charge on any atom is 0.243 e. The van der Waals surface area contributed by atoms with Crippen molar-refractivity contribution in [3.8, 4) is 0 Å². The van der Waals surface area contributed by atoms with Crippen LogP contribution < -0.4 is 10.7 Å². The molecule has 2 aromatic carbocycles. The van der Waals surface area contributed by atoms with E-state index < -0.39 is 0 Å². The van der Waals surface area contributed by atoms with Crippen LogP contribution in [0.4, 0.5) is 5.69 Å². The summed E-state index contributed by atoms with van der Waals surface area (Å²) < 4.78 is 0. The molecule has 128 valence electrons. The van der Waals surface area contributed by atoms with E-state index in [9.17, 15) is 9.59 Å². The minimum Gasteiger partial charge on any atom is -0.326 e. The lowest BCUT2D eigenvalue weighted by molar-refractivity contribution is -0.122. The van der Waals surface area contributed by atoms with Crippen LogP contribution in [0.15, 0.2) is 59.7 Å². The van der Waals surface area contributed by atoms with Gasteiger partial charge in [-0.05, 0) is 42.5 Å². The Morgan fingerprint density at radius 1 is 1.00 bits per heavy atom. The molecule has 1 fully saturated rings. The topological polar surface area (TPSA) is 70.6 Å². The van der Waals surface area contributed by atoms with E-state index in [1.165, 1.54) is 12.5 Å². The average Bonchev–Trinajstić information content (AvgIpc) is 3.41. The number of carbonyl (C=O) groups excluding carboxylic acids is 2. The molecular formula is C20H21N3O2. The third-order valence-corrected chi connectivity index (χ3v) is 4.31. The van der Waals surface area contributed by atoms with Crippen LogP contribution in [0.2, 0.25) is 0 Å². The van der Waals surface area contributed by atoms with Crippen molar-refractivity contribution in [1.82, 2.24) is 5.43 Å². The molecule has 0 spiro atoms. The van der Waals surface area contributed by atoms with Crippen LogP contribution in [0.3, 0.4) is 0 Å². The Hall–Kier alpha value is -2.95. The highest BCUT2D eigenvalue weighted by Crippen LogP contribution is 2.47. The Bertz CT molecular complexity index is 797. The van der Waals surface area contributed by atoms with Gasteiger partial charge >= 0.3 is 0 Å². The molecule has 3 rings (SSSR count). The number of carbonyl (C=O) groups is 2. The van der Waals surface area contributed by atoms with Gasteiger partial charge in [0.25, 0.3) is 0 Å². The first-order valence-corrected chi connectivity index (χ1v) is 8.31. The zero-order chi connectivity index (χ0) is 17.8. The predicted octanol–water partition coefficient (Wildman–Crippen LogP) is 3.29. The van der Waals surface area contributed by atoms with E-state index in [1.807, 2.05) is 49.4 Å². The van der Waals surface area contributed by atoms with Crippen LogP contribution in [0.1, 0.15) is 37.3 Å². The van der Waals surface area contributed by atoms with E-state index in [0.717, 1.165) is 23.4 Å². The third-order valence-electron chi connectivity index (χ3n) is 4.31. The summed E-state index contributed by atoms with van der Waals surface area (Å²) in [6, 6.07) is 17.4. The fourth-order valence-electron chi connectivity index (χ4n) is 2.84. The summed E-state index contributed by atoms with van der Waals surface area (Å²) in [5, 5.41) is 6.92. The molecule has 1 saturated carbocycles. The minimum atomic E-state index is -0.109. The summed E-state index contributed by atoms with van der Waals surface area (Å²) in [4.78, 5) is 23.3. The van der Waals surface area contributed by atoms with Crippen molar-refractivity contribution in [1.29, 1.82) is 0 Å². The maximum atomic E-state index is 12.2. The van der Waals surface area contributed by atoms with Gasteiger partial charge in [-0.15, -0.1) is 0 Å². The zero-order valence-electron chi connectivity index (χ0n) is 14.3. The van der Waals surface area contributed by atoms with Crippen molar-refractivity contribution in [2.45, 2.75) is 26.2 Å². The molecular weight excluding hydrogens is 314 g/mol. The summed E-state index contributed by atoms with van der Waals surface area (Å²) >= 11 is 0. The predicted molar refractivity (Wildman–Crippen MR) is 98.4 cm³/mol. The van der Waals surface area contributed by atoms with Crippen molar-refractivity contribution >= 4 is 23.2 Å². The maximum absolute atomic E-state index is 12.2. The van der Waals surface area contributed by atoms with Crippen LogP contribution in [-0.2, 0) is 9.59 Å². The van der Waals surface area contributed by atoms with Gasteiger partial charge in [-0.1, -0.05) is 42.5 Å². The van der Waals surface area contributed by atoms with Gasteiger partial charge in [-0.3, -0.25) is 9.59 Å². The van der Waals surface area contributed by atoms with Crippen molar-refractivity contribution in [3.63, 3.8) is 0 Å². The molecule has 0 saturated heterocycles. The molecule has 25 heavy (non-hydrogen) atoms. The molecule has 1 aliphatic carbocycles. The Kier molecular flexibility index (Phi) is 4.93. The van der Waals surface area contributed by atoms with Gasteiger partial charge in [-0.25, -0.2) is 5.43 Å². The number of amides is 2. The molecule has 5 heteroatoms. The van der Waals surface area contributed by atoms with E-state index in [1.54, 1.807) is 0 Å². The number of nitrogens with one attached hydrogen (secondary N) is 2. The Labute approximate surface area is 147 Å². The second-order valence-corrected chi connectivity index (χ2v) is 6.29. The molecule has 5 nitrogen and oxygen atoms in total. The molecule has 0 aromatic heterocycles. The largest absolute Gasteiger partial charge is 0.326 e. The molecule has 0 bridgehead atoms. The highest BCUT2D eigenvalue weighted by atomic mass is 16.2. The van der Waals surface area contributed by atoms with Gasteiger partial charge in [0.1, 0.15) is 0 Å². The first-order valence-electron chi connectivity index (χ1n) is 8.31. The second-order valence-electron chi connectivity index (χ2n) is 6.29. The van der Waals surface area contributed by atoms with Crippen LogP contribution in [0.25, 0.3) is 0 Å². The first-order chi connectivity index (χ1) is 12.0. The normalized spacial score (nSPS) is 19.2. The van der Waals surface area contributed by atoms with E-state index >= 15 is 0 Å². The molecule has 0 unspecified atom stereocenters. The Balaban J connectivity index is 1.56. The van der Waals surface area contributed by atoms with Gasteiger partial charge in [0.05, 0.1) is 5.71 Å². The zero-order valence-corrected chi connectivity index (χ0v) is 14.3. The number of anilines is 1.